The molecule has 0 spiro atoms. The highest BCUT2D eigenvalue weighted by Crippen LogP contribution is 2.46. The second-order valence-electron chi connectivity index (χ2n) is 2.42. The van der Waals surface area contributed by atoms with Crippen molar-refractivity contribution in [1.82, 2.24) is 0 Å². The van der Waals surface area contributed by atoms with Crippen LogP contribution in [0.5, 0.6) is 0 Å². The number of esters is 1. The zero-order valence-electron chi connectivity index (χ0n) is 7.58. The molecule has 0 radical (unpaired) electrons. The van der Waals surface area contributed by atoms with Crippen LogP contribution in [-0.2, 0) is 14.3 Å². The maximum Gasteiger partial charge on any atom is 0.437 e. The summed E-state index contributed by atoms with van der Waals surface area (Å²) in [7, 11) is 0.367. The second kappa shape index (κ2) is 4.66. The van der Waals surface area contributed by atoms with E-state index < -0.39 is 30.0 Å². The molecule has 10 heteroatoms. The van der Waals surface area contributed by atoms with Crippen LogP contribution in [0.1, 0.15) is 0 Å². The van der Waals surface area contributed by atoms with Gasteiger partial charge in [0.2, 0.25) is 0 Å². The Kier molecular flexibility index (Phi) is 4.46. The molecule has 0 aromatic carbocycles. The minimum Gasteiger partial charge on any atom is -0.466 e. The zero-order valence-corrected chi connectivity index (χ0v) is 8.33. The van der Waals surface area contributed by atoms with Crippen LogP contribution in [-0.4, -0.2) is 37.1 Å². The van der Waals surface area contributed by atoms with Crippen molar-refractivity contribution in [2.75, 3.05) is 13.2 Å². The molecule has 0 N–H and O–H groups in total. The summed E-state index contributed by atoms with van der Waals surface area (Å²) in [5, 5.41) is 0. The minimum absolute atomic E-state index is 0.367. The molecule has 96 valence electrons. The van der Waals surface area contributed by atoms with Gasteiger partial charge in [0.15, 0.2) is 0 Å². The lowest BCUT2D eigenvalue weighted by atomic mass is 10.0. The summed E-state index contributed by atoms with van der Waals surface area (Å²) < 4.78 is 80.6. The summed E-state index contributed by atoms with van der Waals surface area (Å²) in [4.78, 5) is 10.7. The molecule has 0 amide bonds. The van der Waals surface area contributed by atoms with E-state index in [9.17, 15) is 31.1 Å². The molecule has 0 atom stereocenters. The molecule has 0 heterocycles. The Morgan fingerprint density at radius 3 is 1.69 bits per heavy atom. The Morgan fingerprint density at radius 2 is 1.50 bits per heavy atom. The van der Waals surface area contributed by atoms with Gasteiger partial charge in [0, 0.05) is 0 Å². The fourth-order valence-corrected chi connectivity index (χ4v) is 1.00. The van der Waals surface area contributed by atoms with Gasteiger partial charge in [0.05, 0.1) is 7.11 Å². The van der Waals surface area contributed by atoms with Gasteiger partial charge < -0.3 is 9.47 Å². The van der Waals surface area contributed by atoms with Crippen LogP contribution in [0.15, 0.2) is 0 Å². The zero-order chi connectivity index (χ0) is 13.2. The molecule has 0 saturated carbocycles. The predicted octanol–water partition coefficient (Wildman–Crippen LogP) is 2.24. The molecular weight excluding hydrogens is 270 g/mol. The number of halogens is 7. The number of hydrogen-bond donors (Lipinski definition) is 0. The van der Waals surface area contributed by atoms with Crippen molar-refractivity contribution in [2.45, 2.75) is 18.0 Å². The second-order valence-corrected chi connectivity index (χ2v) is 2.64. The third-order valence-corrected chi connectivity index (χ3v) is 1.65. The van der Waals surface area contributed by atoms with Crippen LogP contribution in [0.25, 0.3) is 0 Å². The first-order chi connectivity index (χ1) is 7.04. The first kappa shape index (κ1) is 15.3. The quantitative estimate of drug-likeness (QED) is 0.450. The predicted molar refractivity (Wildman–Crippen MR) is 38.7 cm³/mol. The molecular formula is C6H5ClF6O3. The summed E-state index contributed by atoms with van der Waals surface area (Å²) in [5.74, 6) is -2.63. The van der Waals surface area contributed by atoms with E-state index in [1.165, 1.54) is 0 Å². The number of rotatable bonds is 3. The van der Waals surface area contributed by atoms with Crippen LogP contribution in [0.3, 0.4) is 0 Å². The van der Waals surface area contributed by atoms with Crippen LogP contribution >= 0.6 is 11.6 Å². The van der Waals surface area contributed by atoms with Gasteiger partial charge in [-0.1, -0.05) is 11.6 Å². The van der Waals surface area contributed by atoms with Crippen molar-refractivity contribution in [1.29, 1.82) is 0 Å². The molecule has 16 heavy (non-hydrogen) atoms. The largest absolute Gasteiger partial charge is 0.466 e. The fourth-order valence-electron chi connectivity index (χ4n) is 0.840. The maximum atomic E-state index is 12.3. The van der Waals surface area contributed by atoms with Crippen LogP contribution < -0.4 is 0 Å². The lowest BCUT2D eigenvalue weighted by molar-refractivity contribution is -0.364. The van der Waals surface area contributed by atoms with E-state index in [2.05, 4.69) is 21.1 Å². The van der Waals surface area contributed by atoms with E-state index in [1.807, 2.05) is 0 Å². The molecule has 0 unspecified atom stereocenters. The molecule has 0 aliphatic carbocycles. The number of hydrogen-bond acceptors (Lipinski definition) is 3. The Bertz CT molecular complexity index is 246. The van der Waals surface area contributed by atoms with Crippen molar-refractivity contribution in [3.8, 4) is 0 Å². The summed E-state index contributed by atoms with van der Waals surface area (Å²) in [6.45, 7) is 0. The smallest absolute Gasteiger partial charge is 0.437 e. The van der Waals surface area contributed by atoms with Crippen molar-refractivity contribution in [3.05, 3.63) is 0 Å². The average Bonchev–Trinajstić information content (AvgIpc) is 2.08. The van der Waals surface area contributed by atoms with Crippen LogP contribution in [0.4, 0.5) is 26.3 Å². The molecule has 3 nitrogen and oxygen atoms in total. The highest BCUT2D eigenvalue weighted by Gasteiger charge is 2.78. The van der Waals surface area contributed by atoms with Gasteiger partial charge in [-0.25, -0.2) is 4.79 Å². The molecule has 0 saturated heterocycles. The third-order valence-electron chi connectivity index (χ3n) is 1.54. The Morgan fingerprint density at radius 1 is 1.12 bits per heavy atom. The van der Waals surface area contributed by atoms with Crippen molar-refractivity contribution >= 4 is 17.6 Å². The monoisotopic (exact) mass is 274 g/mol. The van der Waals surface area contributed by atoms with Crippen LogP contribution in [0.2, 0.25) is 0 Å². The van der Waals surface area contributed by atoms with E-state index in [4.69, 9.17) is 0 Å². The van der Waals surface area contributed by atoms with Crippen molar-refractivity contribution in [2.24, 2.45) is 0 Å². The maximum absolute atomic E-state index is 12.3. The lowest BCUT2D eigenvalue weighted by Crippen LogP contribution is -2.64. The Labute approximate surface area is 90.2 Å². The highest BCUT2D eigenvalue weighted by atomic mass is 35.5. The Balaban J connectivity index is 5.70. The molecule has 0 fully saturated rings. The van der Waals surface area contributed by atoms with Gasteiger partial charge in [0.25, 0.3) is 0 Å². The number of alkyl halides is 7. The van der Waals surface area contributed by atoms with Crippen molar-refractivity contribution in [3.63, 3.8) is 0 Å². The first-order valence-electron chi connectivity index (χ1n) is 3.46. The number of carbonyl (C=O) groups is 1. The SMILES string of the molecule is COC(=O)C(OCCl)(C(F)(F)F)C(F)(F)F. The first-order valence-corrected chi connectivity index (χ1v) is 3.99. The van der Waals surface area contributed by atoms with E-state index in [0.717, 1.165) is 0 Å². The van der Waals surface area contributed by atoms with Gasteiger partial charge in [-0.15, -0.1) is 0 Å². The van der Waals surface area contributed by atoms with Gasteiger partial charge >= 0.3 is 23.9 Å². The standard InChI is InChI=1S/C6H5ClF6O3/c1-15-3(14)4(16-2-7,5(8,9)10)6(11,12)13/h2H2,1H3. The summed E-state index contributed by atoms with van der Waals surface area (Å²) >= 11 is 4.67. The molecule has 0 aliphatic rings. The number of methoxy groups -OCH3 is 1. The Hall–Kier alpha value is -0.700. The lowest BCUT2D eigenvalue weighted by Gasteiger charge is -2.33. The average molecular weight is 275 g/mol. The van der Waals surface area contributed by atoms with E-state index in [-0.39, 0.29) is 0 Å². The summed E-state index contributed by atoms with van der Waals surface area (Å²) in [6.07, 6.45) is -12.1. The summed E-state index contributed by atoms with van der Waals surface area (Å²) in [6, 6.07) is -1.48. The highest BCUT2D eigenvalue weighted by molar-refractivity contribution is 6.17. The molecule has 0 aliphatic heterocycles. The third kappa shape index (κ3) is 2.34. The number of ether oxygens (including phenoxy) is 2. The van der Waals surface area contributed by atoms with E-state index in [0.29, 0.717) is 7.11 Å². The van der Waals surface area contributed by atoms with Gasteiger partial charge in [0.1, 0.15) is 6.07 Å². The molecule has 0 bridgehead atoms. The van der Waals surface area contributed by atoms with E-state index in [1.54, 1.807) is 0 Å². The summed E-state index contributed by atoms with van der Waals surface area (Å²) in [5.41, 5.74) is -5.06. The molecule has 0 aromatic rings. The molecule has 0 aromatic heterocycles. The van der Waals surface area contributed by atoms with Gasteiger partial charge in [-0.3, -0.25) is 0 Å². The minimum atomic E-state index is -6.03. The number of carbonyl (C=O) groups excluding carboxylic acids is 1. The fraction of sp³-hybridized carbons (Fsp3) is 0.833. The van der Waals surface area contributed by atoms with Crippen molar-refractivity contribution < 1.29 is 40.6 Å². The van der Waals surface area contributed by atoms with E-state index >= 15 is 0 Å². The normalized spacial score (nSPS) is 13.8. The van der Waals surface area contributed by atoms with Gasteiger partial charge in [-0.05, 0) is 0 Å². The molecule has 0 rings (SSSR count). The van der Waals surface area contributed by atoms with Crippen LogP contribution in [0, 0.1) is 0 Å². The topological polar surface area (TPSA) is 35.5 Å². The van der Waals surface area contributed by atoms with Gasteiger partial charge in [-0.2, -0.15) is 26.3 Å².